The van der Waals surface area contributed by atoms with Crippen LogP contribution in [-0.4, -0.2) is 30.3 Å². The number of carbonyl (C=O) groups excluding carboxylic acids is 1. The van der Waals surface area contributed by atoms with Gasteiger partial charge in [0.2, 0.25) is 0 Å². The number of Topliss-reactive ketones (excluding diaryl/α,β-unsaturated/α-hetero) is 1. The maximum absolute atomic E-state index is 12.3. The summed E-state index contributed by atoms with van der Waals surface area (Å²) in [6.45, 7) is 7.54. The van der Waals surface area contributed by atoms with Crippen molar-refractivity contribution in [3.8, 4) is 0 Å². The topological polar surface area (TPSA) is 20.3 Å². The predicted molar refractivity (Wildman–Crippen MR) is 74.8 cm³/mol. The zero-order chi connectivity index (χ0) is 13.0. The monoisotopic (exact) mass is 245 g/mol. The molecule has 0 saturated carbocycles. The average Bonchev–Trinajstić information content (AvgIpc) is 2.86. The Labute approximate surface area is 110 Å². The second-order valence-electron chi connectivity index (χ2n) is 5.45. The first-order chi connectivity index (χ1) is 8.70. The van der Waals surface area contributed by atoms with Crippen LogP contribution in [-0.2, 0) is 0 Å². The maximum atomic E-state index is 12.3. The molecular weight excluding hydrogens is 222 g/mol. The van der Waals surface area contributed by atoms with Crippen molar-refractivity contribution in [1.82, 2.24) is 4.90 Å². The van der Waals surface area contributed by atoms with Crippen molar-refractivity contribution in [2.24, 2.45) is 11.8 Å². The Hall–Kier alpha value is -1.15. The first kappa shape index (κ1) is 13.3. The van der Waals surface area contributed by atoms with Gasteiger partial charge < -0.3 is 4.90 Å². The molecular formula is C16H23NO. The summed E-state index contributed by atoms with van der Waals surface area (Å²) in [5.74, 6) is 1.21. The van der Waals surface area contributed by atoms with E-state index in [4.69, 9.17) is 0 Å². The number of ketones is 1. The van der Waals surface area contributed by atoms with Crippen molar-refractivity contribution in [1.29, 1.82) is 0 Å². The molecule has 2 heteroatoms. The third-order valence-electron chi connectivity index (χ3n) is 3.99. The van der Waals surface area contributed by atoms with E-state index in [0.717, 1.165) is 24.6 Å². The van der Waals surface area contributed by atoms with Gasteiger partial charge in [0.25, 0.3) is 0 Å². The Morgan fingerprint density at radius 2 is 2.11 bits per heavy atom. The van der Waals surface area contributed by atoms with Crippen LogP contribution in [0.2, 0.25) is 0 Å². The van der Waals surface area contributed by atoms with Crippen LogP contribution in [0, 0.1) is 11.8 Å². The molecule has 1 fully saturated rings. The van der Waals surface area contributed by atoms with E-state index in [1.807, 2.05) is 30.3 Å². The Balaban J connectivity index is 1.89. The van der Waals surface area contributed by atoms with Gasteiger partial charge in [-0.3, -0.25) is 4.79 Å². The Morgan fingerprint density at radius 1 is 1.39 bits per heavy atom. The summed E-state index contributed by atoms with van der Waals surface area (Å²) in [6.07, 6.45) is 2.56. The summed E-state index contributed by atoms with van der Waals surface area (Å²) < 4.78 is 0. The van der Waals surface area contributed by atoms with Crippen LogP contribution in [0.4, 0.5) is 0 Å². The highest BCUT2D eigenvalue weighted by molar-refractivity contribution is 5.97. The number of nitrogens with zero attached hydrogens (tertiary/aromatic N) is 1. The van der Waals surface area contributed by atoms with Crippen molar-refractivity contribution < 1.29 is 4.79 Å². The lowest BCUT2D eigenvalue weighted by molar-refractivity contribution is 0.0901. The van der Waals surface area contributed by atoms with Gasteiger partial charge in [0, 0.05) is 24.6 Å². The lowest BCUT2D eigenvalue weighted by Gasteiger charge is -2.20. The molecule has 2 rings (SSSR count). The van der Waals surface area contributed by atoms with Crippen LogP contribution in [0.25, 0.3) is 0 Å². The van der Waals surface area contributed by atoms with Gasteiger partial charge >= 0.3 is 0 Å². The number of hydrogen-bond donors (Lipinski definition) is 0. The van der Waals surface area contributed by atoms with Crippen LogP contribution in [0.3, 0.4) is 0 Å². The van der Waals surface area contributed by atoms with Crippen LogP contribution >= 0.6 is 0 Å². The summed E-state index contributed by atoms with van der Waals surface area (Å²) in [4.78, 5) is 14.7. The number of benzene rings is 1. The molecule has 0 amide bonds. The zero-order valence-corrected chi connectivity index (χ0v) is 11.4. The van der Waals surface area contributed by atoms with E-state index in [9.17, 15) is 4.79 Å². The molecule has 2 nitrogen and oxygen atoms in total. The SMILES string of the molecule is CCC1CCN(CC(C)C(=O)c2ccccc2)C1. The molecule has 2 unspecified atom stereocenters. The van der Waals surface area contributed by atoms with Crippen LogP contribution in [0.15, 0.2) is 30.3 Å². The second kappa shape index (κ2) is 6.14. The first-order valence-electron chi connectivity index (χ1n) is 7.02. The largest absolute Gasteiger partial charge is 0.302 e. The molecule has 0 radical (unpaired) electrons. The molecule has 2 atom stereocenters. The Morgan fingerprint density at radius 3 is 2.72 bits per heavy atom. The molecule has 98 valence electrons. The van der Waals surface area contributed by atoms with Crippen LogP contribution in [0.5, 0.6) is 0 Å². The molecule has 0 N–H and O–H groups in total. The zero-order valence-electron chi connectivity index (χ0n) is 11.4. The van der Waals surface area contributed by atoms with E-state index in [0.29, 0.717) is 0 Å². The highest BCUT2D eigenvalue weighted by Gasteiger charge is 2.24. The smallest absolute Gasteiger partial charge is 0.166 e. The highest BCUT2D eigenvalue weighted by Crippen LogP contribution is 2.21. The summed E-state index contributed by atoms with van der Waals surface area (Å²) in [5.41, 5.74) is 0.844. The lowest BCUT2D eigenvalue weighted by atomic mass is 9.99. The van der Waals surface area contributed by atoms with E-state index >= 15 is 0 Å². The molecule has 1 heterocycles. The molecule has 0 bridgehead atoms. The normalized spacial score (nSPS) is 22.0. The maximum Gasteiger partial charge on any atom is 0.166 e. The Kier molecular flexibility index (Phi) is 4.54. The van der Waals surface area contributed by atoms with Gasteiger partial charge in [0.05, 0.1) is 0 Å². The van der Waals surface area contributed by atoms with Gasteiger partial charge in [-0.05, 0) is 18.9 Å². The van der Waals surface area contributed by atoms with Gasteiger partial charge in [0.1, 0.15) is 0 Å². The molecule has 18 heavy (non-hydrogen) atoms. The van der Waals surface area contributed by atoms with Crippen LogP contribution < -0.4 is 0 Å². The standard InChI is InChI=1S/C16H23NO/c1-3-14-9-10-17(12-14)11-13(2)16(18)15-7-5-4-6-8-15/h4-8,13-14H,3,9-12H2,1-2H3. The minimum atomic E-state index is 0.100. The quantitative estimate of drug-likeness (QED) is 0.742. The number of rotatable bonds is 5. The van der Waals surface area contributed by atoms with Gasteiger partial charge in [-0.2, -0.15) is 0 Å². The second-order valence-corrected chi connectivity index (χ2v) is 5.45. The van der Waals surface area contributed by atoms with Crippen LogP contribution in [0.1, 0.15) is 37.0 Å². The van der Waals surface area contributed by atoms with Gasteiger partial charge in [0.15, 0.2) is 5.78 Å². The highest BCUT2D eigenvalue weighted by atomic mass is 16.1. The van der Waals surface area contributed by atoms with E-state index in [-0.39, 0.29) is 11.7 Å². The van der Waals surface area contributed by atoms with E-state index < -0.39 is 0 Å². The predicted octanol–water partition coefficient (Wildman–Crippen LogP) is 3.24. The summed E-state index contributed by atoms with van der Waals surface area (Å²) in [6, 6.07) is 9.65. The third kappa shape index (κ3) is 3.20. The van der Waals surface area contributed by atoms with Crippen molar-refractivity contribution in [3.63, 3.8) is 0 Å². The first-order valence-corrected chi connectivity index (χ1v) is 7.02. The summed E-state index contributed by atoms with van der Waals surface area (Å²) in [7, 11) is 0. The summed E-state index contributed by atoms with van der Waals surface area (Å²) in [5, 5.41) is 0. The van der Waals surface area contributed by atoms with Gasteiger partial charge in [-0.15, -0.1) is 0 Å². The molecule has 1 saturated heterocycles. The molecule has 0 aliphatic carbocycles. The van der Waals surface area contributed by atoms with Crippen molar-refractivity contribution >= 4 is 5.78 Å². The molecule has 1 aromatic carbocycles. The minimum Gasteiger partial charge on any atom is -0.302 e. The molecule has 0 spiro atoms. The minimum absolute atomic E-state index is 0.100. The van der Waals surface area contributed by atoms with Crippen molar-refractivity contribution in [2.75, 3.05) is 19.6 Å². The van der Waals surface area contributed by atoms with E-state index in [1.54, 1.807) is 0 Å². The molecule has 0 aromatic heterocycles. The number of likely N-dealkylation sites (tertiary alicyclic amines) is 1. The molecule has 1 aliphatic rings. The Bertz CT molecular complexity index is 387. The van der Waals surface area contributed by atoms with Crippen molar-refractivity contribution in [2.45, 2.75) is 26.7 Å². The number of carbonyl (C=O) groups is 1. The number of hydrogen-bond acceptors (Lipinski definition) is 2. The molecule has 1 aliphatic heterocycles. The van der Waals surface area contributed by atoms with E-state index in [2.05, 4.69) is 18.7 Å². The van der Waals surface area contributed by atoms with E-state index in [1.165, 1.54) is 19.4 Å². The van der Waals surface area contributed by atoms with Crippen molar-refractivity contribution in [3.05, 3.63) is 35.9 Å². The third-order valence-corrected chi connectivity index (χ3v) is 3.99. The lowest BCUT2D eigenvalue weighted by Crippen LogP contribution is -2.30. The van der Waals surface area contributed by atoms with Gasteiger partial charge in [-0.1, -0.05) is 50.6 Å². The molecule has 1 aromatic rings. The average molecular weight is 245 g/mol. The van der Waals surface area contributed by atoms with Gasteiger partial charge in [-0.25, -0.2) is 0 Å². The fourth-order valence-corrected chi connectivity index (χ4v) is 2.77. The fraction of sp³-hybridized carbons (Fsp3) is 0.562. The fourth-order valence-electron chi connectivity index (χ4n) is 2.77. The summed E-state index contributed by atoms with van der Waals surface area (Å²) >= 11 is 0.